The van der Waals surface area contributed by atoms with Gasteiger partial charge in [0.25, 0.3) is 5.88 Å². The van der Waals surface area contributed by atoms with Crippen molar-refractivity contribution in [2.24, 2.45) is 0 Å². The summed E-state index contributed by atoms with van der Waals surface area (Å²) in [6.45, 7) is 1.48. The first-order valence-corrected chi connectivity index (χ1v) is 7.62. The van der Waals surface area contributed by atoms with Crippen molar-refractivity contribution in [3.63, 3.8) is 0 Å². The van der Waals surface area contributed by atoms with Crippen molar-refractivity contribution < 1.29 is 13.9 Å². The Kier molecular flexibility index (Phi) is 3.43. The summed E-state index contributed by atoms with van der Waals surface area (Å²) in [5, 5.41) is 1.21. The van der Waals surface area contributed by atoms with Crippen molar-refractivity contribution in [1.29, 1.82) is 0 Å². The predicted octanol–water partition coefficient (Wildman–Crippen LogP) is 5.02. The molecule has 0 saturated carbocycles. The average molecular weight is 339 g/mol. The first-order valence-electron chi connectivity index (χ1n) is 7.24. The minimum absolute atomic E-state index is 0.0647. The van der Waals surface area contributed by atoms with Gasteiger partial charge in [-0.25, -0.2) is 4.98 Å². The zero-order valence-corrected chi connectivity index (χ0v) is 13.4. The first kappa shape index (κ1) is 14.7. The normalized spacial score (nSPS) is 11.1. The molecule has 0 atom stereocenters. The number of aromatic nitrogens is 2. The fourth-order valence-electron chi connectivity index (χ4n) is 2.48. The Morgan fingerprint density at radius 2 is 2.00 bits per heavy atom. The molecule has 0 amide bonds. The second-order valence-corrected chi connectivity index (χ2v) is 5.67. The highest BCUT2D eigenvalue weighted by Gasteiger charge is 2.16. The number of hydrogen-bond donors (Lipinski definition) is 0. The maximum atomic E-state index is 11.4. The van der Waals surface area contributed by atoms with E-state index in [1.165, 1.54) is 13.3 Å². The molecule has 0 fully saturated rings. The Morgan fingerprint density at radius 1 is 1.17 bits per heavy atom. The Labute approximate surface area is 141 Å². The fourth-order valence-corrected chi connectivity index (χ4v) is 2.70. The number of hydrogen-bond acceptors (Lipinski definition) is 5. The van der Waals surface area contributed by atoms with Gasteiger partial charge < -0.3 is 9.15 Å². The van der Waals surface area contributed by atoms with Gasteiger partial charge in [0, 0.05) is 10.9 Å². The monoisotopic (exact) mass is 338 g/mol. The summed E-state index contributed by atoms with van der Waals surface area (Å²) < 4.78 is 11.6. The van der Waals surface area contributed by atoms with Crippen molar-refractivity contribution in [2.45, 2.75) is 6.92 Å². The van der Waals surface area contributed by atoms with Crippen LogP contribution in [-0.4, -0.2) is 15.8 Å². The van der Waals surface area contributed by atoms with Gasteiger partial charge in [0.15, 0.2) is 5.78 Å². The molecule has 2 heterocycles. The topological polar surface area (TPSA) is 65.2 Å². The van der Waals surface area contributed by atoms with E-state index < -0.39 is 0 Å². The molecule has 0 bridgehead atoms. The molecule has 0 aliphatic rings. The lowest BCUT2D eigenvalue weighted by atomic mass is 10.1. The molecule has 0 N–H and O–H groups in total. The second kappa shape index (κ2) is 5.62. The first-order chi connectivity index (χ1) is 11.6. The minimum Gasteiger partial charge on any atom is -0.449 e. The van der Waals surface area contributed by atoms with E-state index >= 15 is 0 Å². The van der Waals surface area contributed by atoms with Crippen molar-refractivity contribution in [1.82, 2.24) is 9.97 Å². The van der Waals surface area contributed by atoms with E-state index in [2.05, 4.69) is 9.97 Å². The number of carbonyl (C=O) groups is 1. The maximum absolute atomic E-state index is 11.4. The average Bonchev–Trinajstić information content (AvgIpc) is 2.96. The zero-order chi connectivity index (χ0) is 16.7. The minimum atomic E-state index is -0.0647. The molecule has 118 valence electrons. The zero-order valence-electron chi connectivity index (χ0n) is 12.6. The molecular formula is C18H11ClN2O3. The van der Waals surface area contributed by atoms with E-state index in [-0.39, 0.29) is 11.7 Å². The predicted molar refractivity (Wildman–Crippen MR) is 90.8 cm³/mol. The smallest absolute Gasteiger partial charge is 0.267 e. The summed E-state index contributed by atoms with van der Waals surface area (Å²) in [5.41, 5.74) is 2.34. The van der Waals surface area contributed by atoms with Crippen molar-refractivity contribution in [3.05, 3.63) is 59.4 Å². The van der Waals surface area contributed by atoms with Gasteiger partial charge in [-0.05, 0) is 37.3 Å². The number of furan rings is 1. The third-order valence-electron chi connectivity index (χ3n) is 3.67. The fraction of sp³-hybridized carbons (Fsp3) is 0.0556. The van der Waals surface area contributed by atoms with Crippen LogP contribution in [0.15, 0.2) is 53.2 Å². The van der Waals surface area contributed by atoms with Crippen LogP contribution in [0.1, 0.15) is 17.3 Å². The standard InChI is InChI=1S/C18H11ClN2O3/c1-10(22)11-6-7-15(13(19)8-11)24-18-17-16(20-9-21-18)12-4-2-3-5-14(12)23-17/h2-9H,1H3. The number of nitrogens with zero attached hydrogens (tertiary/aromatic N) is 2. The number of halogens is 1. The van der Waals surface area contributed by atoms with Gasteiger partial charge in [0.2, 0.25) is 5.58 Å². The van der Waals surface area contributed by atoms with E-state index in [1.807, 2.05) is 24.3 Å². The Hall–Kier alpha value is -2.92. The number of carbonyl (C=O) groups excluding carboxylic acids is 1. The molecule has 0 radical (unpaired) electrons. The van der Waals surface area contributed by atoms with Crippen LogP contribution in [-0.2, 0) is 0 Å². The third-order valence-corrected chi connectivity index (χ3v) is 3.97. The lowest BCUT2D eigenvalue weighted by Gasteiger charge is -2.07. The molecule has 0 aliphatic carbocycles. The van der Waals surface area contributed by atoms with Gasteiger partial charge in [-0.3, -0.25) is 4.79 Å². The Bertz CT molecular complexity index is 1090. The molecule has 5 nitrogen and oxygen atoms in total. The van der Waals surface area contributed by atoms with E-state index in [1.54, 1.807) is 18.2 Å². The highest BCUT2D eigenvalue weighted by Crippen LogP contribution is 2.36. The molecule has 0 saturated heterocycles. The summed E-state index contributed by atoms with van der Waals surface area (Å²) in [6, 6.07) is 12.4. The van der Waals surface area contributed by atoms with Crippen LogP contribution in [0.2, 0.25) is 5.02 Å². The number of rotatable bonds is 3. The number of para-hydroxylation sites is 1. The van der Waals surface area contributed by atoms with Gasteiger partial charge >= 0.3 is 0 Å². The number of ketones is 1. The summed E-state index contributed by atoms with van der Waals surface area (Å²) >= 11 is 6.20. The summed E-state index contributed by atoms with van der Waals surface area (Å²) in [7, 11) is 0. The summed E-state index contributed by atoms with van der Waals surface area (Å²) in [4.78, 5) is 19.8. The molecule has 2 aromatic heterocycles. The maximum Gasteiger partial charge on any atom is 0.267 e. The van der Waals surface area contributed by atoms with E-state index in [4.69, 9.17) is 20.8 Å². The van der Waals surface area contributed by atoms with Crippen LogP contribution in [0.3, 0.4) is 0 Å². The second-order valence-electron chi connectivity index (χ2n) is 5.26. The van der Waals surface area contributed by atoms with Crippen LogP contribution < -0.4 is 4.74 Å². The van der Waals surface area contributed by atoms with E-state index in [9.17, 15) is 4.79 Å². The quantitative estimate of drug-likeness (QED) is 0.490. The molecule has 6 heteroatoms. The van der Waals surface area contributed by atoms with E-state index in [0.717, 1.165) is 5.39 Å². The number of Topliss-reactive ketones (excluding diaryl/α,β-unsaturated/α-hetero) is 1. The number of fused-ring (bicyclic) bond motifs is 3. The van der Waals surface area contributed by atoms with Crippen LogP contribution in [0.4, 0.5) is 0 Å². The van der Waals surface area contributed by atoms with Crippen LogP contribution in [0.25, 0.3) is 22.1 Å². The highest BCUT2D eigenvalue weighted by molar-refractivity contribution is 6.32. The number of ether oxygens (including phenoxy) is 1. The van der Waals surface area contributed by atoms with Crippen LogP contribution in [0.5, 0.6) is 11.6 Å². The molecule has 2 aromatic carbocycles. The molecule has 0 spiro atoms. The van der Waals surface area contributed by atoms with Gasteiger partial charge in [0.05, 0.1) is 5.02 Å². The van der Waals surface area contributed by atoms with Crippen LogP contribution >= 0.6 is 11.6 Å². The molecule has 0 aliphatic heterocycles. The van der Waals surface area contributed by atoms with Gasteiger partial charge in [-0.1, -0.05) is 23.7 Å². The van der Waals surface area contributed by atoms with Gasteiger partial charge in [-0.2, -0.15) is 4.98 Å². The lowest BCUT2D eigenvalue weighted by molar-refractivity contribution is 0.101. The molecule has 0 unspecified atom stereocenters. The lowest BCUT2D eigenvalue weighted by Crippen LogP contribution is -1.94. The number of benzene rings is 2. The molecular weight excluding hydrogens is 328 g/mol. The molecule has 4 aromatic rings. The van der Waals surface area contributed by atoms with Gasteiger partial charge in [0.1, 0.15) is 23.2 Å². The van der Waals surface area contributed by atoms with Crippen molar-refractivity contribution in [2.75, 3.05) is 0 Å². The van der Waals surface area contributed by atoms with Crippen molar-refractivity contribution in [3.8, 4) is 11.6 Å². The van der Waals surface area contributed by atoms with E-state index in [0.29, 0.717) is 33.0 Å². The SMILES string of the molecule is CC(=O)c1ccc(Oc2ncnc3c2oc2ccccc23)c(Cl)c1. The Balaban J connectivity index is 1.81. The van der Waals surface area contributed by atoms with Gasteiger partial charge in [-0.15, -0.1) is 0 Å². The molecule has 4 rings (SSSR count). The Morgan fingerprint density at radius 3 is 2.79 bits per heavy atom. The third kappa shape index (κ3) is 2.39. The van der Waals surface area contributed by atoms with Crippen LogP contribution in [0, 0.1) is 0 Å². The summed E-state index contributed by atoms with van der Waals surface area (Å²) in [5.74, 6) is 0.598. The summed E-state index contributed by atoms with van der Waals surface area (Å²) in [6.07, 6.45) is 1.41. The largest absolute Gasteiger partial charge is 0.449 e. The molecule has 24 heavy (non-hydrogen) atoms. The highest BCUT2D eigenvalue weighted by atomic mass is 35.5. The van der Waals surface area contributed by atoms with Crippen molar-refractivity contribution >= 4 is 39.5 Å².